The first-order chi connectivity index (χ1) is 21.2. The van der Waals surface area contributed by atoms with Crippen molar-refractivity contribution in [2.24, 2.45) is 0 Å². The summed E-state index contributed by atoms with van der Waals surface area (Å²) < 4.78 is 59.2. The number of halogens is 4. The van der Waals surface area contributed by atoms with E-state index in [2.05, 4.69) is 10.3 Å². The van der Waals surface area contributed by atoms with Gasteiger partial charge in [-0.25, -0.2) is 9.37 Å². The molecule has 4 aromatic carbocycles. The third-order valence-corrected chi connectivity index (χ3v) is 7.58. The van der Waals surface area contributed by atoms with Crippen molar-refractivity contribution in [2.75, 3.05) is 0 Å². The summed E-state index contributed by atoms with van der Waals surface area (Å²) in [6.07, 6.45) is -4.44. The number of hydrogen-bond donors (Lipinski definition) is 1. The van der Waals surface area contributed by atoms with Gasteiger partial charge in [-0.1, -0.05) is 72.8 Å². The summed E-state index contributed by atoms with van der Waals surface area (Å²) in [5, 5.41) is 5.07. The summed E-state index contributed by atoms with van der Waals surface area (Å²) in [5.74, 6) is -0.0168. The summed E-state index contributed by atoms with van der Waals surface area (Å²) in [6, 6.07) is 28.5. The fourth-order valence-electron chi connectivity index (χ4n) is 4.52. The number of carbonyl (C=O) groups is 1. The number of nitrogens with one attached hydrogen (secondary N) is 1. The second-order valence-electron chi connectivity index (χ2n) is 10.2. The van der Waals surface area contributed by atoms with Crippen LogP contribution in [-0.2, 0) is 39.0 Å². The highest BCUT2D eigenvalue weighted by Crippen LogP contribution is 2.30. The van der Waals surface area contributed by atoms with Gasteiger partial charge in [0.2, 0.25) is 0 Å². The molecule has 5 nitrogen and oxygen atoms in total. The summed E-state index contributed by atoms with van der Waals surface area (Å²) in [7, 11) is 0. The number of alkyl halides is 3. The summed E-state index contributed by atoms with van der Waals surface area (Å²) >= 11 is 1.30. The molecule has 0 aliphatic carbocycles. The molecule has 0 atom stereocenters. The molecule has 0 spiro atoms. The number of ether oxygens (including phenoxy) is 1. The average molecular weight is 620 g/mol. The first-order valence-corrected chi connectivity index (χ1v) is 14.7. The zero-order chi connectivity index (χ0) is 30.9. The second-order valence-corrected chi connectivity index (χ2v) is 11.1. The van der Waals surface area contributed by atoms with Crippen LogP contribution >= 0.6 is 11.3 Å². The highest BCUT2D eigenvalue weighted by atomic mass is 32.1. The van der Waals surface area contributed by atoms with Gasteiger partial charge in [-0.15, -0.1) is 11.3 Å². The lowest BCUT2D eigenvalue weighted by atomic mass is 10.1. The van der Waals surface area contributed by atoms with Crippen LogP contribution in [0.25, 0.3) is 0 Å². The van der Waals surface area contributed by atoms with E-state index < -0.39 is 11.7 Å². The maximum atomic E-state index is 13.4. The Balaban J connectivity index is 1.27. The van der Waals surface area contributed by atoms with Crippen molar-refractivity contribution in [1.82, 2.24) is 15.2 Å². The zero-order valence-corrected chi connectivity index (χ0v) is 24.4. The molecular weight excluding hydrogens is 590 g/mol. The van der Waals surface area contributed by atoms with E-state index in [4.69, 9.17) is 4.74 Å². The lowest BCUT2D eigenvalue weighted by molar-refractivity contribution is -0.137. The molecule has 0 unspecified atom stereocenters. The maximum absolute atomic E-state index is 13.4. The van der Waals surface area contributed by atoms with Gasteiger partial charge in [0, 0.05) is 25.0 Å². The van der Waals surface area contributed by atoms with Crippen LogP contribution in [0.4, 0.5) is 17.6 Å². The van der Waals surface area contributed by atoms with Crippen molar-refractivity contribution in [3.63, 3.8) is 0 Å². The highest BCUT2D eigenvalue weighted by Gasteiger charge is 2.30. The lowest BCUT2D eigenvalue weighted by Gasteiger charge is -2.22. The molecule has 0 aliphatic heterocycles. The van der Waals surface area contributed by atoms with Gasteiger partial charge in [0.1, 0.15) is 28.9 Å². The van der Waals surface area contributed by atoms with Gasteiger partial charge in [0.05, 0.1) is 12.1 Å². The number of thiazole rings is 1. The number of rotatable bonds is 12. The van der Waals surface area contributed by atoms with Gasteiger partial charge in [-0.3, -0.25) is 9.69 Å². The van der Waals surface area contributed by atoms with Crippen LogP contribution in [0.2, 0.25) is 0 Å². The Bertz CT molecular complexity index is 1660. The van der Waals surface area contributed by atoms with Crippen LogP contribution < -0.4 is 10.1 Å². The maximum Gasteiger partial charge on any atom is 0.416 e. The van der Waals surface area contributed by atoms with Gasteiger partial charge in [-0.2, -0.15) is 13.2 Å². The van der Waals surface area contributed by atoms with Gasteiger partial charge in [-0.05, 0) is 52.6 Å². The van der Waals surface area contributed by atoms with E-state index >= 15 is 0 Å². The smallest absolute Gasteiger partial charge is 0.416 e. The minimum absolute atomic E-state index is 0.221. The molecule has 1 aromatic heterocycles. The molecule has 0 saturated carbocycles. The van der Waals surface area contributed by atoms with Gasteiger partial charge < -0.3 is 10.1 Å². The van der Waals surface area contributed by atoms with Crippen LogP contribution in [0.5, 0.6) is 5.75 Å². The average Bonchev–Trinajstić information content (AvgIpc) is 3.49. The van der Waals surface area contributed by atoms with Crippen molar-refractivity contribution in [1.29, 1.82) is 0 Å². The Morgan fingerprint density at radius 3 is 2.20 bits per heavy atom. The first kappa shape index (κ1) is 30.9. The van der Waals surface area contributed by atoms with Crippen molar-refractivity contribution in [3.05, 3.63) is 153 Å². The van der Waals surface area contributed by atoms with Gasteiger partial charge in [0.25, 0.3) is 5.91 Å². The number of carbonyl (C=O) groups excluding carboxylic acids is 1. The molecule has 1 N–H and O–H groups in total. The lowest BCUT2D eigenvalue weighted by Crippen LogP contribution is -2.24. The van der Waals surface area contributed by atoms with Crippen LogP contribution in [0.15, 0.2) is 109 Å². The van der Waals surface area contributed by atoms with E-state index in [0.717, 1.165) is 28.8 Å². The van der Waals surface area contributed by atoms with Crippen molar-refractivity contribution in [2.45, 2.75) is 39.0 Å². The van der Waals surface area contributed by atoms with Crippen molar-refractivity contribution in [3.8, 4) is 5.75 Å². The zero-order valence-electron chi connectivity index (χ0n) is 23.6. The van der Waals surface area contributed by atoms with Gasteiger partial charge in [0.15, 0.2) is 0 Å². The highest BCUT2D eigenvalue weighted by molar-refractivity contribution is 7.09. The molecule has 5 rings (SSSR count). The molecule has 1 amide bonds. The third-order valence-electron chi connectivity index (χ3n) is 6.75. The monoisotopic (exact) mass is 619 g/mol. The number of aromatic nitrogens is 1. The topological polar surface area (TPSA) is 54.5 Å². The molecular formula is C34H29F4N3O2S. The molecule has 226 valence electrons. The van der Waals surface area contributed by atoms with E-state index in [1.807, 2.05) is 59.5 Å². The van der Waals surface area contributed by atoms with Crippen LogP contribution in [-0.4, -0.2) is 15.8 Å². The molecule has 1 heterocycles. The fourth-order valence-corrected chi connectivity index (χ4v) is 5.33. The first-order valence-electron chi connectivity index (χ1n) is 13.8. The standard InChI is InChI=1S/C34H29F4N3O2S/c35-29-13-9-24(10-14-29)18-39-33(42)31-23-44-32(40-31)21-41(20-27-7-4-8-28(17-27)34(36,37)38)19-25-11-15-30(16-12-25)43-22-26-5-2-1-3-6-26/h1-17,23H,18-22H2,(H,39,42). The minimum atomic E-state index is -4.44. The Kier molecular flexibility index (Phi) is 10.0. The molecule has 0 saturated heterocycles. The second kappa shape index (κ2) is 14.3. The number of nitrogens with zero attached hydrogens (tertiary/aromatic N) is 2. The number of benzene rings is 4. The van der Waals surface area contributed by atoms with E-state index in [0.29, 0.717) is 36.0 Å². The predicted molar refractivity (Wildman–Crippen MR) is 161 cm³/mol. The van der Waals surface area contributed by atoms with Gasteiger partial charge >= 0.3 is 6.18 Å². The van der Waals surface area contributed by atoms with Crippen LogP contribution in [0.3, 0.4) is 0 Å². The van der Waals surface area contributed by atoms with Crippen molar-refractivity contribution < 1.29 is 27.1 Å². The Hall–Kier alpha value is -4.54. The normalized spacial score (nSPS) is 11.5. The van der Waals surface area contributed by atoms with Crippen molar-refractivity contribution >= 4 is 17.2 Å². The summed E-state index contributed by atoms with van der Waals surface area (Å²) in [4.78, 5) is 19.2. The molecule has 0 aliphatic rings. The van der Waals surface area contributed by atoms with Crippen LogP contribution in [0.1, 0.15) is 43.3 Å². The number of hydrogen-bond acceptors (Lipinski definition) is 5. The third kappa shape index (κ3) is 8.98. The molecule has 0 fully saturated rings. The Morgan fingerprint density at radius 2 is 1.48 bits per heavy atom. The molecule has 0 bridgehead atoms. The predicted octanol–water partition coefficient (Wildman–Crippen LogP) is 8.01. The van der Waals surface area contributed by atoms with E-state index in [1.54, 1.807) is 23.6 Å². The largest absolute Gasteiger partial charge is 0.489 e. The summed E-state index contributed by atoms with van der Waals surface area (Å²) in [6.45, 7) is 1.64. The molecule has 44 heavy (non-hydrogen) atoms. The quantitative estimate of drug-likeness (QED) is 0.144. The molecule has 0 radical (unpaired) electrons. The molecule has 5 aromatic rings. The Morgan fingerprint density at radius 1 is 0.795 bits per heavy atom. The van der Waals surface area contributed by atoms with E-state index in [-0.39, 0.29) is 30.5 Å². The minimum Gasteiger partial charge on any atom is -0.489 e. The van der Waals surface area contributed by atoms with E-state index in [1.165, 1.54) is 29.5 Å². The fraction of sp³-hybridized carbons (Fsp3) is 0.176. The number of amides is 1. The Labute approximate surface area is 256 Å². The SMILES string of the molecule is O=C(NCc1ccc(F)cc1)c1csc(CN(Cc2ccc(OCc3ccccc3)cc2)Cc2cccc(C(F)(F)F)c2)n1. The van der Waals surface area contributed by atoms with Crippen LogP contribution in [0, 0.1) is 5.82 Å². The summed E-state index contributed by atoms with van der Waals surface area (Å²) in [5.41, 5.74) is 2.79. The molecule has 10 heteroatoms. The van der Waals surface area contributed by atoms with E-state index in [9.17, 15) is 22.4 Å².